The zero-order valence-electron chi connectivity index (χ0n) is 17.7. The summed E-state index contributed by atoms with van der Waals surface area (Å²) in [5.41, 5.74) is 1.78. The summed E-state index contributed by atoms with van der Waals surface area (Å²) in [6, 6.07) is 17.7. The van der Waals surface area contributed by atoms with Crippen LogP contribution in [0.1, 0.15) is 28.8 Å². The molecule has 30 heavy (non-hydrogen) atoms. The van der Waals surface area contributed by atoms with Gasteiger partial charge in [-0.1, -0.05) is 30.3 Å². The highest BCUT2D eigenvalue weighted by Crippen LogP contribution is 2.24. The Hall–Kier alpha value is -1.83. The lowest BCUT2D eigenvalue weighted by Crippen LogP contribution is -2.42. The van der Waals surface area contributed by atoms with E-state index >= 15 is 0 Å². The smallest absolute Gasteiger partial charge is 0.254 e. The lowest BCUT2D eigenvalue weighted by molar-refractivity contribution is 0.0690. The standard InChI is InChI=1S/C23H30N2O3S2/c1-24(2)14-6-15-25(21-13-16-30(27,28)18-21)23(26)20-11-9-19(10-12-20)17-29-22-7-4-3-5-8-22/h3-5,7-12,21H,6,13-18H2,1-2H3. The van der Waals surface area contributed by atoms with Crippen molar-refractivity contribution >= 4 is 27.5 Å². The molecular weight excluding hydrogens is 416 g/mol. The first-order valence-electron chi connectivity index (χ1n) is 10.3. The number of nitrogens with zero attached hydrogens (tertiary/aromatic N) is 2. The summed E-state index contributed by atoms with van der Waals surface area (Å²) >= 11 is 1.76. The van der Waals surface area contributed by atoms with Gasteiger partial charge < -0.3 is 9.80 Å². The van der Waals surface area contributed by atoms with Crippen LogP contribution in [0.2, 0.25) is 0 Å². The molecule has 1 aliphatic rings. The number of carbonyl (C=O) groups excluding carboxylic acids is 1. The largest absolute Gasteiger partial charge is 0.335 e. The van der Waals surface area contributed by atoms with Crippen LogP contribution in [-0.4, -0.2) is 68.9 Å². The number of sulfone groups is 1. The summed E-state index contributed by atoms with van der Waals surface area (Å²) in [6.07, 6.45) is 1.35. The molecule has 1 amide bonds. The van der Waals surface area contributed by atoms with Gasteiger partial charge in [0.25, 0.3) is 5.91 Å². The summed E-state index contributed by atoms with van der Waals surface area (Å²) in [5.74, 6) is 1.02. The molecule has 1 heterocycles. The lowest BCUT2D eigenvalue weighted by Gasteiger charge is -2.29. The molecule has 1 saturated heterocycles. The summed E-state index contributed by atoms with van der Waals surface area (Å²) < 4.78 is 23.9. The van der Waals surface area contributed by atoms with E-state index in [-0.39, 0.29) is 23.5 Å². The summed E-state index contributed by atoms with van der Waals surface area (Å²) in [5, 5.41) is 0. The molecule has 5 nitrogen and oxygen atoms in total. The van der Waals surface area contributed by atoms with E-state index in [4.69, 9.17) is 0 Å². The highest BCUT2D eigenvalue weighted by Gasteiger charge is 2.34. The quantitative estimate of drug-likeness (QED) is 0.551. The third-order valence-electron chi connectivity index (χ3n) is 5.26. The van der Waals surface area contributed by atoms with Crippen molar-refractivity contribution < 1.29 is 13.2 Å². The number of hydrogen-bond donors (Lipinski definition) is 0. The molecule has 7 heteroatoms. The fourth-order valence-electron chi connectivity index (χ4n) is 3.62. The topological polar surface area (TPSA) is 57.7 Å². The first-order valence-corrected chi connectivity index (χ1v) is 13.1. The van der Waals surface area contributed by atoms with E-state index < -0.39 is 9.84 Å². The fourth-order valence-corrected chi connectivity index (χ4v) is 6.23. The minimum atomic E-state index is -3.05. The molecule has 162 valence electrons. The number of thioether (sulfide) groups is 1. The second kappa shape index (κ2) is 10.5. The van der Waals surface area contributed by atoms with Gasteiger partial charge in [-0.2, -0.15) is 0 Å². The SMILES string of the molecule is CN(C)CCCN(C(=O)c1ccc(CSc2ccccc2)cc1)C1CCS(=O)(=O)C1. The molecule has 0 N–H and O–H groups in total. The molecule has 2 aromatic rings. The fraction of sp³-hybridized carbons (Fsp3) is 0.435. The Morgan fingerprint density at radius 3 is 2.33 bits per heavy atom. The van der Waals surface area contributed by atoms with E-state index in [1.165, 1.54) is 4.90 Å². The zero-order valence-corrected chi connectivity index (χ0v) is 19.3. The first-order chi connectivity index (χ1) is 14.3. The molecule has 0 radical (unpaired) electrons. The average molecular weight is 447 g/mol. The van der Waals surface area contributed by atoms with E-state index in [1.54, 1.807) is 16.7 Å². The van der Waals surface area contributed by atoms with Crippen LogP contribution in [0.4, 0.5) is 0 Å². The molecule has 0 saturated carbocycles. The van der Waals surface area contributed by atoms with Crippen molar-refractivity contribution in [3.63, 3.8) is 0 Å². The summed E-state index contributed by atoms with van der Waals surface area (Å²) in [4.78, 5) is 18.3. The van der Waals surface area contributed by atoms with Gasteiger partial charge in [-0.3, -0.25) is 4.79 Å². The summed E-state index contributed by atoms with van der Waals surface area (Å²) in [7, 11) is 0.952. The molecule has 3 rings (SSSR count). The number of hydrogen-bond acceptors (Lipinski definition) is 5. The van der Waals surface area contributed by atoms with Gasteiger partial charge in [-0.05, 0) is 63.3 Å². The monoisotopic (exact) mass is 446 g/mol. The highest BCUT2D eigenvalue weighted by atomic mass is 32.2. The normalized spacial score (nSPS) is 17.9. The van der Waals surface area contributed by atoms with Crippen LogP contribution < -0.4 is 0 Å². The Kier molecular flexibility index (Phi) is 7.97. The molecule has 0 bridgehead atoms. The van der Waals surface area contributed by atoms with Crippen LogP contribution in [-0.2, 0) is 15.6 Å². The van der Waals surface area contributed by atoms with Crippen molar-refractivity contribution in [3.05, 3.63) is 65.7 Å². The number of benzene rings is 2. The van der Waals surface area contributed by atoms with Crippen LogP contribution in [0.5, 0.6) is 0 Å². The van der Waals surface area contributed by atoms with Gasteiger partial charge in [0.15, 0.2) is 9.84 Å². The minimum Gasteiger partial charge on any atom is -0.335 e. The molecule has 1 unspecified atom stereocenters. The predicted molar refractivity (Wildman–Crippen MR) is 124 cm³/mol. The summed E-state index contributed by atoms with van der Waals surface area (Å²) in [6.45, 7) is 1.43. The maximum absolute atomic E-state index is 13.2. The molecule has 2 aromatic carbocycles. The third kappa shape index (κ3) is 6.59. The van der Waals surface area contributed by atoms with Gasteiger partial charge in [-0.15, -0.1) is 11.8 Å². The van der Waals surface area contributed by atoms with Crippen molar-refractivity contribution in [3.8, 4) is 0 Å². The zero-order chi connectivity index (χ0) is 21.6. The molecular formula is C23H30N2O3S2. The van der Waals surface area contributed by atoms with Crippen molar-refractivity contribution in [1.82, 2.24) is 9.80 Å². The second-order valence-electron chi connectivity index (χ2n) is 8.01. The second-order valence-corrected chi connectivity index (χ2v) is 11.3. The Labute approximate surface area is 184 Å². The Morgan fingerprint density at radius 1 is 1.03 bits per heavy atom. The van der Waals surface area contributed by atoms with E-state index in [1.807, 2.05) is 56.6 Å². The first kappa shape index (κ1) is 22.8. The lowest BCUT2D eigenvalue weighted by atomic mass is 10.1. The van der Waals surface area contributed by atoms with Crippen LogP contribution in [0.3, 0.4) is 0 Å². The maximum Gasteiger partial charge on any atom is 0.254 e. The Morgan fingerprint density at radius 2 is 1.73 bits per heavy atom. The minimum absolute atomic E-state index is 0.0712. The van der Waals surface area contributed by atoms with Gasteiger partial charge >= 0.3 is 0 Å². The predicted octanol–water partition coefficient (Wildman–Crippen LogP) is 3.56. The van der Waals surface area contributed by atoms with Crippen molar-refractivity contribution in [1.29, 1.82) is 0 Å². The number of amides is 1. The van der Waals surface area contributed by atoms with E-state index in [0.29, 0.717) is 18.5 Å². The number of rotatable bonds is 9. The highest BCUT2D eigenvalue weighted by molar-refractivity contribution is 7.98. The molecule has 0 spiro atoms. The third-order valence-corrected chi connectivity index (χ3v) is 8.10. The molecule has 1 aliphatic heterocycles. The van der Waals surface area contributed by atoms with Crippen LogP contribution in [0.25, 0.3) is 0 Å². The van der Waals surface area contributed by atoms with E-state index in [9.17, 15) is 13.2 Å². The van der Waals surface area contributed by atoms with Crippen molar-refractivity contribution in [2.45, 2.75) is 29.5 Å². The van der Waals surface area contributed by atoms with Gasteiger partial charge in [-0.25, -0.2) is 8.42 Å². The molecule has 0 aromatic heterocycles. The maximum atomic E-state index is 13.2. The Bertz CT molecular complexity index is 929. The molecule has 1 fully saturated rings. The average Bonchev–Trinajstić information content (AvgIpc) is 3.09. The van der Waals surface area contributed by atoms with Gasteiger partial charge in [0.05, 0.1) is 11.5 Å². The van der Waals surface area contributed by atoms with Gasteiger partial charge in [0, 0.05) is 28.8 Å². The van der Waals surface area contributed by atoms with Crippen molar-refractivity contribution in [2.24, 2.45) is 0 Å². The molecule has 1 atom stereocenters. The van der Waals surface area contributed by atoms with Gasteiger partial charge in [0.2, 0.25) is 0 Å². The van der Waals surface area contributed by atoms with E-state index in [2.05, 4.69) is 17.0 Å². The van der Waals surface area contributed by atoms with E-state index in [0.717, 1.165) is 24.3 Å². The van der Waals surface area contributed by atoms with Crippen LogP contribution in [0, 0.1) is 0 Å². The Balaban J connectivity index is 1.66. The van der Waals surface area contributed by atoms with Crippen LogP contribution >= 0.6 is 11.8 Å². The number of carbonyl (C=O) groups is 1. The van der Waals surface area contributed by atoms with Crippen LogP contribution in [0.15, 0.2) is 59.5 Å². The molecule has 0 aliphatic carbocycles. The van der Waals surface area contributed by atoms with Crippen molar-refractivity contribution in [2.75, 3.05) is 38.7 Å². The van der Waals surface area contributed by atoms with Gasteiger partial charge in [0.1, 0.15) is 0 Å².